The third-order valence-corrected chi connectivity index (χ3v) is 3.16. The molecule has 1 rings (SSSR count). The first-order chi connectivity index (χ1) is 9.33. The van der Waals surface area contributed by atoms with Gasteiger partial charge in [0.1, 0.15) is 6.61 Å². The molecule has 0 aromatic carbocycles. The maximum atomic E-state index is 5.37. The van der Waals surface area contributed by atoms with Crippen LogP contribution in [0.4, 0.5) is 0 Å². The second kappa shape index (κ2) is 7.70. The van der Waals surface area contributed by atoms with Crippen LogP contribution in [0.5, 0.6) is 0 Å². The maximum absolute atomic E-state index is 5.37. The molecule has 0 saturated carbocycles. The molecule has 0 amide bonds. The zero-order valence-electron chi connectivity index (χ0n) is 13.8. The van der Waals surface area contributed by atoms with Gasteiger partial charge in [0, 0.05) is 23.5 Å². The lowest BCUT2D eigenvalue weighted by atomic mass is 10.1. The highest BCUT2D eigenvalue weighted by Gasteiger charge is 2.10. The van der Waals surface area contributed by atoms with E-state index in [1.807, 2.05) is 6.92 Å². The summed E-state index contributed by atoms with van der Waals surface area (Å²) in [6, 6.07) is 0. The Hall–Kier alpha value is -1.00. The fourth-order valence-electron chi connectivity index (χ4n) is 2.16. The monoisotopic (exact) mass is 279 g/mol. The van der Waals surface area contributed by atoms with Gasteiger partial charge in [0.05, 0.1) is 0 Å². The summed E-state index contributed by atoms with van der Waals surface area (Å²) in [5.41, 5.74) is 3.63. The van der Waals surface area contributed by atoms with Gasteiger partial charge in [-0.2, -0.15) is 0 Å². The van der Waals surface area contributed by atoms with Gasteiger partial charge in [0.25, 0.3) is 0 Å². The summed E-state index contributed by atoms with van der Waals surface area (Å²) < 4.78 is 5.37. The van der Waals surface area contributed by atoms with Gasteiger partial charge in [-0.25, -0.2) is 9.97 Å². The number of hydrogen-bond acceptors (Lipinski definition) is 4. The topological polar surface area (TPSA) is 47.0 Å². The molecule has 0 aliphatic carbocycles. The molecule has 20 heavy (non-hydrogen) atoms. The standard InChI is InChI=1S/C16H29N3O/c1-7-20-11-15-18-12(2)14(13(3)19-15)9-8-10-17-16(4,5)6/h17H,7-11H2,1-6H3. The van der Waals surface area contributed by atoms with Gasteiger partial charge in [0.2, 0.25) is 0 Å². The van der Waals surface area contributed by atoms with Crippen molar-refractivity contribution in [3.05, 3.63) is 22.8 Å². The molecule has 114 valence electrons. The molecular weight excluding hydrogens is 250 g/mol. The molecule has 0 bridgehead atoms. The average Bonchev–Trinajstić information content (AvgIpc) is 2.33. The van der Waals surface area contributed by atoms with E-state index in [1.165, 1.54) is 5.56 Å². The van der Waals surface area contributed by atoms with Crippen molar-refractivity contribution < 1.29 is 4.74 Å². The Kier molecular flexibility index (Phi) is 6.56. The average molecular weight is 279 g/mol. The largest absolute Gasteiger partial charge is 0.374 e. The molecule has 1 aromatic heterocycles. The molecule has 4 nitrogen and oxygen atoms in total. The molecule has 0 aliphatic heterocycles. The van der Waals surface area contributed by atoms with E-state index in [2.05, 4.69) is 49.9 Å². The predicted molar refractivity (Wildman–Crippen MR) is 82.9 cm³/mol. The Bertz CT molecular complexity index is 401. The van der Waals surface area contributed by atoms with Crippen molar-refractivity contribution in [3.8, 4) is 0 Å². The van der Waals surface area contributed by atoms with Crippen LogP contribution < -0.4 is 5.32 Å². The van der Waals surface area contributed by atoms with Crippen molar-refractivity contribution in [3.63, 3.8) is 0 Å². The minimum atomic E-state index is 0.182. The lowest BCUT2D eigenvalue weighted by Gasteiger charge is -2.20. The van der Waals surface area contributed by atoms with Crippen LogP contribution in [0.3, 0.4) is 0 Å². The maximum Gasteiger partial charge on any atom is 0.154 e. The van der Waals surface area contributed by atoms with Crippen LogP contribution in [0, 0.1) is 13.8 Å². The minimum Gasteiger partial charge on any atom is -0.374 e. The Morgan fingerprint density at radius 1 is 1.10 bits per heavy atom. The second-order valence-electron chi connectivity index (χ2n) is 6.21. The van der Waals surface area contributed by atoms with E-state index in [-0.39, 0.29) is 5.54 Å². The van der Waals surface area contributed by atoms with Crippen LogP contribution in [0.25, 0.3) is 0 Å². The predicted octanol–water partition coefficient (Wildman–Crippen LogP) is 2.95. The number of nitrogens with one attached hydrogen (secondary N) is 1. The van der Waals surface area contributed by atoms with Gasteiger partial charge < -0.3 is 10.1 Å². The summed E-state index contributed by atoms with van der Waals surface area (Å²) in [6.07, 6.45) is 2.13. The smallest absolute Gasteiger partial charge is 0.154 e. The molecule has 0 atom stereocenters. The summed E-state index contributed by atoms with van der Waals surface area (Å²) in [4.78, 5) is 9.08. The quantitative estimate of drug-likeness (QED) is 0.780. The summed E-state index contributed by atoms with van der Waals surface area (Å²) >= 11 is 0. The zero-order chi connectivity index (χ0) is 15.2. The SMILES string of the molecule is CCOCc1nc(C)c(CCCNC(C)(C)C)c(C)n1. The van der Waals surface area contributed by atoms with Crippen LogP contribution in [0.15, 0.2) is 0 Å². The van der Waals surface area contributed by atoms with E-state index < -0.39 is 0 Å². The van der Waals surface area contributed by atoms with Gasteiger partial charge in [-0.1, -0.05) is 0 Å². The normalized spacial score (nSPS) is 11.9. The molecule has 1 N–H and O–H groups in total. The molecule has 4 heteroatoms. The molecule has 0 unspecified atom stereocenters. The van der Waals surface area contributed by atoms with Crippen LogP contribution in [0.2, 0.25) is 0 Å². The third kappa shape index (κ3) is 5.97. The molecule has 0 aliphatic rings. The van der Waals surface area contributed by atoms with Gasteiger partial charge in [0.15, 0.2) is 5.82 Å². The van der Waals surface area contributed by atoms with Crippen molar-refractivity contribution in [1.82, 2.24) is 15.3 Å². The number of rotatable bonds is 7. The summed E-state index contributed by atoms with van der Waals surface area (Å²) in [5.74, 6) is 0.790. The van der Waals surface area contributed by atoms with Gasteiger partial charge in [-0.3, -0.25) is 0 Å². The Labute approximate surface area is 123 Å². The molecule has 0 spiro atoms. The Morgan fingerprint density at radius 3 is 2.20 bits per heavy atom. The molecule has 1 aromatic rings. The minimum absolute atomic E-state index is 0.182. The van der Waals surface area contributed by atoms with E-state index in [0.29, 0.717) is 13.2 Å². The molecule has 0 fully saturated rings. The van der Waals surface area contributed by atoms with E-state index in [9.17, 15) is 0 Å². The number of aryl methyl sites for hydroxylation is 2. The molecular formula is C16H29N3O. The van der Waals surface area contributed by atoms with Crippen LogP contribution >= 0.6 is 0 Å². The van der Waals surface area contributed by atoms with Crippen molar-refractivity contribution in [2.45, 2.75) is 66.5 Å². The highest BCUT2D eigenvalue weighted by Crippen LogP contribution is 2.13. The van der Waals surface area contributed by atoms with Crippen molar-refractivity contribution >= 4 is 0 Å². The first kappa shape index (κ1) is 17.1. The lowest BCUT2D eigenvalue weighted by Crippen LogP contribution is -2.36. The molecule has 0 saturated heterocycles. The second-order valence-corrected chi connectivity index (χ2v) is 6.21. The van der Waals surface area contributed by atoms with E-state index in [0.717, 1.165) is 36.6 Å². The number of ether oxygens (including phenoxy) is 1. The van der Waals surface area contributed by atoms with Crippen LogP contribution in [-0.4, -0.2) is 28.7 Å². The van der Waals surface area contributed by atoms with Crippen molar-refractivity contribution in [2.75, 3.05) is 13.2 Å². The van der Waals surface area contributed by atoms with Gasteiger partial charge in [-0.05, 0) is 66.5 Å². The van der Waals surface area contributed by atoms with Gasteiger partial charge in [-0.15, -0.1) is 0 Å². The number of aromatic nitrogens is 2. The van der Waals surface area contributed by atoms with Crippen LogP contribution in [0.1, 0.15) is 56.9 Å². The highest BCUT2D eigenvalue weighted by molar-refractivity contribution is 5.24. The Morgan fingerprint density at radius 2 is 1.70 bits per heavy atom. The molecule has 1 heterocycles. The zero-order valence-corrected chi connectivity index (χ0v) is 13.8. The van der Waals surface area contributed by atoms with Crippen molar-refractivity contribution in [1.29, 1.82) is 0 Å². The van der Waals surface area contributed by atoms with E-state index in [1.54, 1.807) is 0 Å². The first-order valence-corrected chi connectivity index (χ1v) is 7.49. The summed E-state index contributed by atoms with van der Waals surface area (Å²) in [5, 5.41) is 3.51. The fourth-order valence-corrected chi connectivity index (χ4v) is 2.16. The highest BCUT2D eigenvalue weighted by atomic mass is 16.5. The Balaban J connectivity index is 2.58. The lowest BCUT2D eigenvalue weighted by molar-refractivity contribution is 0.128. The van der Waals surface area contributed by atoms with Gasteiger partial charge >= 0.3 is 0 Å². The number of hydrogen-bond donors (Lipinski definition) is 1. The van der Waals surface area contributed by atoms with Crippen molar-refractivity contribution in [2.24, 2.45) is 0 Å². The van der Waals surface area contributed by atoms with Crippen LogP contribution in [-0.2, 0) is 17.8 Å². The summed E-state index contributed by atoms with van der Waals surface area (Å²) in [7, 11) is 0. The fraction of sp³-hybridized carbons (Fsp3) is 0.750. The third-order valence-electron chi connectivity index (χ3n) is 3.16. The number of nitrogens with zero attached hydrogens (tertiary/aromatic N) is 2. The first-order valence-electron chi connectivity index (χ1n) is 7.49. The van der Waals surface area contributed by atoms with E-state index >= 15 is 0 Å². The molecule has 0 radical (unpaired) electrons. The van der Waals surface area contributed by atoms with E-state index in [4.69, 9.17) is 4.74 Å². The summed E-state index contributed by atoms with van der Waals surface area (Å²) in [6.45, 7) is 14.9.